The van der Waals surface area contributed by atoms with Crippen LogP contribution in [0.3, 0.4) is 0 Å². The predicted octanol–water partition coefficient (Wildman–Crippen LogP) is 3.01. The summed E-state index contributed by atoms with van der Waals surface area (Å²) in [4.78, 5) is 14.4. The van der Waals surface area contributed by atoms with Crippen molar-refractivity contribution in [1.29, 1.82) is 0 Å². The fourth-order valence-electron chi connectivity index (χ4n) is 2.52. The van der Waals surface area contributed by atoms with Gasteiger partial charge in [0.1, 0.15) is 0 Å². The molecular weight excluding hydrogens is 278 g/mol. The van der Waals surface area contributed by atoms with Crippen molar-refractivity contribution in [3.05, 3.63) is 59.7 Å². The van der Waals surface area contributed by atoms with Gasteiger partial charge in [0.2, 0.25) is 12.7 Å². The number of benzene rings is 2. The first-order chi connectivity index (χ1) is 10.8. The SMILES string of the molecule is CCN(Cc1ccccc1)C(=O)Cc1ccc2c(c1)OCO2. The lowest BCUT2D eigenvalue weighted by Gasteiger charge is -2.21. The minimum absolute atomic E-state index is 0.116. The van der Waals surface area contributed by atoms with Crippen LogP contribution in [0.5, 0.6) is 11.5 Å². The maximum Gasteiger partial charge on any atom is 0.231 e. The second-order valence-electron chi connectivity index (χ2n) is 5.26. The van der Waals surface area contributed by atoms with Gasteiger partial charge in [-0.1, -0.05) is 36.4 Å². The number of fused-ring (bicyclic) bond motifs is 1. The molecule has 0 radical (unpaired) electrons. The van der Waals surface area contributed by atoms with E-state index in [9.17, 15) is 4.79 Å². The van der Waals surface area contributed by atoms with Gasteiger partial charge in [-0.15, -0.1) is 0 Å². The normalized spacial score (nSPS) is 12.2. The monoisotopic (exact) mass is 297 g/mol. The van der Waals surface area contributed by atoms with Crippen LogP contribution < -0.4 is 9.47 Å². The lowest BCUT2D eigenvalue weighted by atomic mass is 10.1. The number of rotatable bonds is 5. The highest BCUT2D eigenvalue weighted by atomic mass is 16.7. The Labute approximate surface area is 130 Å². The smallest absolute Gasteiger partial charge is 0.231 e. The molecule has 0 bridgehead atoms. The highest BCUT2D eigenvalue weighted by molar-refractivity contribution is 5.79. The standard InChI is InChI=1S/C18H19NO3/c1-2-19(12-14-6-4-3-5-7-14)18(20)11-15-8-9-16-17(10-15)22-13-21-16/h3-10H,2,11-13H2,1H3. The summed E-state index contributed by atoms with van der Waals surface area (Å²) < 4.78 is 10.6. The van der Waals surface area contributed by atoms with Crippen molar-refractivity contribution < 1.29 is 14.3 Å². The van der Waals surface area contributed by atoms with Gasteiger partial charge in [0.15, 0.2) is 11.5 Å². The van der Waals surface area contributed by atoms with Crippen LogP contribution in [0.15, 0.2) is 48.5 Å². The van der Waals surface area contributed by atoms with Crippen molar-refractivity contribution in [3.8, 4) is 11.5 Å². The summed E-state index contributed by atoms with van der Waals surface area (Å²) in [5.41, 5.74) is 2.09. The van der Waals surface area contributed by atoms with E-state index in [1.807, 2.05) is 60.4 Å². The van der Waals surface area contributed by atoms with Crippen LogP contribution in [0, 0.1) is 0 Å². The highest BCUT2D eigenvalue weighted by Crippen LogP contribution is 2.32. The molecule has 1 aliphatic rings. The van der Waals surface area contributed by atoms with Crippen molar-refractivity contribution in [1.82, 2.24) is 4.90 Å². The lowest BCUT2D eigenvalue weighted by molar-refractivity contribution is -0.130. The zero-order valence-corrected chi connectivity index (χ0v) is 12.6. The Balaban J connectivity index is 1.67. The Hall–Kier alpha value is -2.49. The first-order valence-corrected chi connectivity index (χ1v) is 7.46. The molecule has 1 amide bonds. The lowest BCUT2D eigenvalue weighted by Crippen LogP contribution is -2.31. The molecule has 0 spiro atoms. The summed E-state index contributed by atoms with van der Waals surface area (Å²) in [5.74, 6) is 1.58. The molecule has 1 heterocycles. The molecule has 114 valence electrons. The van der Waals surface area contributed by atoms with Crippen molar-refractivity contribution in [3.63, 3.8) is 0 Å². The predicted molar refractivity (Wildman–Crippen MR) is 83.8 cm³/mol. The zero-order chi connectivity index (χ0) is 15.4. The van der Waals surface area contributed by atoms with Gasteiger partial charge >= 0.3 is 0 Å². The van der Waals surface area contributed by atoms with Crippen LogP contribution in [0.4, 0.5) is 0 Å². The van der Waals surface area contributed by atoms with Gasteiger partial charge in [-0.05, 0) is 30.2 Å². The number of hydrogen-bond acceptors (Lipinski definition) is 3. The molecule has 3 rings (SSSR count). The van der Waals surface area contributed by atoms with Gasteiger partial charge in [0.25, 0.3) is 0 Å². The third kappa shape index (κ3) is 3.22. The summed E-state index contributed by atoms with van der Waals surface area (Å²) in [6.07, 6.45) is 0.372. The van der Waals surface area contributed by atoms with Gasteiger partial charge in [-0.2, -0.15) is 0 Å². The van der Waals surface area contributed by atoms with E-state index < -0.39 is 0 Å². The first kappa shape index (κ1) is 14.4. The summed E-state index contributed by atoms with van der Waals surface area (Å²) in [6, 6.07) is 15.7. The Kier molecular flexibility index (Phi) is 4.28. The molecule has 4 nitrogen and oxygen atoms in total. The minimum Gasteiger partial charge on any atom is -0.454 e. The van der Waals surface area contributed by atoms with Crippen LogP contribution in [0.1, 0.15) is 18.1 Å². The van der Waals surface area contributed by atoms with Gasteiger partial charge in [-0.3, -0.25) is 4.79 Å². The number of amides is 1. The maximum atomic E-state index is 12.5. The van der Waals surface area contributed by atoms with Gasteiger partial charge in [0.05, 0.1) is 6.42 Å². The topological polar surface area (TPSA) is 38.8 Å². The summed E-state index contributed by atoms with van der Waals surface area (Å²) >= 11 is 0. The van der Waals surface area contributed by atoms with Crippen LogP contribution in [-0.2, 0) is 17.8 Å². The van der Waals surface area contributed by atoms with E-state index in [1.165, 1.54) is 0 Å². The zero-order valence-electron chi connectivity index (χ0n) is 12.6. The molecule has 4 heteroatoms. The fraction of sp³-hybridized carbons (Fsp3) is 0.278. The molecule has 0 saturated heterocycles. The van der Waals surface area contributed by atoms with Crippen molar-refractivity contribution in [2.45, 2.75) is 19.9 Å². The average molecular weight is 297 g/mol. The molecule has 22 heavy (non-hydrogen) atoms. The number of carbonyl (C=O) groups excluding carboxylic acids is 1. The molecule has 0 N–H and O–H groups in total. The molecule has 0 aliphatic carbocycles. The minimum atomic E-state index is 0.116. The van der Waals surface area contributed by atoms with Crippen LogP contribution in [0.25, 0.3) is 0 Å². The Morgan fingerprint density at radius 3 is 2.59 bits per heavy atom. The van der Waals surface area contributed by atoms with E-state index in [4.69, 9.17) is 9.47 Å². The number of nitrogens with zero attached hydrogens (tertiary/aromatic N) is 1. The molecule has 1 aliphatic heterocycles. The third-order valence-corrected chi connectivity index (χ3v) is 3.74. The van der Waals surface area contributed by atoms with Crippen molar-refractivity contribution in [2.75, 3.05) is 13.3 Å². The third-order valence-electron chi connectivity index (χ3n) is 3.74. The van der Waals surface area contributed by atoms with Gasteiger partial charge in [-0.25, -0.2) is 0 Å². The largest absolute Gasteiger partial charge is 0.454 e. The fourth-order valence-corrected chi connectivity index (χ4v) is 2.52. The number of ether oxygens (including phenoxy) is 2. The van der Waals surface area contributed by atoms with Gasteiger partial charge < -0.3 is 14.4 Å². The van der Waals surface area contributed by atoms with E-state index in [0.29, 0.717) is 19.5 Å². The van der Waals surface area contributed by atoms with Crippen LogP contribution >= 0.6 is 0 Å². The second kappa shape index (κ2) is 6.52. The first-order valence-electron chi connectivity index (χ1n) is 7.46. The van der Waals surface area contributed by atoms with E-state index in [0.717, 1.165) is 22.6 Å². The number of hydrogen-bond donors (Lipinski definition) is 0. The summed E-state index contributed by atoms with van der Waals surface area (Å²) in [7, 11) is 0. The molecule has 0 atom stereocenters. The van der Waals surface area contributed by atoms with Crippen LogP contribution in [-0.4, -0.2) is 24.1 Å². The van der Waals surface area contributed by atoms with Crippen molar-refractivity contribution in [2.24, 2.45) is 0 Å². The molecule has 0 unspecified atom stereocenters. The Bertz CT molecular complexity index is 655. The second-order valence-corrected chi connectivity index (χ2v) is 5.26. The molecule has 0 saturated carbocycles. The van der Waals surface area contributed by atoms with E-state index in [-0.39, 0.29) is 12.7 Å². The number of likely N-dealkylation sites (N-methyl/N-ethyl adjacent to an activating group) is 1. The maximum absolute atomic E-state index is 12.5. The molecule has 2 aromatic rings. The van der Waals surface area contributed by atoms with Gasteiger partial charge in [0, 0.05) is 13.1 Å². The number of carbonyl (C=O) groups is 1. The Morgan fingerprint density at radius 2 is 1.82 bits per heavy atom. The summed E-state index contributed by atoms with van der Waals surface area (Å²) in [5, 5.41) is 0. The quantitative estimate of drug-likeness (QED) is 0.851. The average Bonchev–Trinajstić information content (AvgIpc) is 3.01. The van der Waals surface area contributed by atoms with Crippen molar-refractivity contribution >= 4 is 5.91 Å². The molecule has 0 fully saturated rings. The summed E-state index contributed by atoms with van der Waals surface area (Å²) in [6.45, 7) is 3.58. The molecule has 2 aromatic carbocycles. The van der Waals surface area contributed by atoms with E-state index >= 15 is 0 Å². The molecule has 0 aromatic heterocycles. The van der Waals surface area contributed by atoms with Crippen LogP contribution in [0.2, 0.25) is 0 Å². The molecular formula is C18H19NO3. The van der Waals surface area contributed by atoms with E-state index in [2.05, 4.69) is 0 Å². The van der Waals surface area contributed by atoms with E-state index in [1.54, 1.807) is 0 Å². The highest BCUT2D eigenvalue weighted by Gasteiger charge is 2.17. The Morgan fingerprint density at radius 1 is 1.05 bits per heavy atom.